The van der Waals surface area contributed by atoms with E-state index in [4.69, 9.17) is 4.74 Å². The Balaban J connectivity index is 2.33. The van der Waals surface area contributed by atoms with Gasteiger partial charge in [0.15, 0.2) is 5.78 Å². The highest BCUT2D eigenvalue weighted by Gasteiger charge is 2.15. The first kappa shape index (κ1) is 14.1. The Bertz CT molecular complexity index is 434. The highest BCUT2D eigenvalue weighted by atomic mass is 16.6. The van der Waals surface area contributed by atoms with E-state index in [9.17, 15) is 9.59 Å². The van der Waals surface area contributed by atoms with Crippen molar-refractivity contribution in [2.24, 2.45) is 0 Å². The van der Waals surface area contributed by atoms with Gasteiger partial charge in [-0.3, -0.25) is 9.48 Å². The quantitative estimate of drug-likeness (QED) is 0.810. The maximum Gasteiger partial charge on any atom is 0.407 e. The predicted octanol–water partition coefficient (Wildman–Crippen LogP) is 1.01. The van der Waals surface area contributed by atoms with Crippen LogP contribution in [0, 0.1) is 0 Å². The molecule has 0 saturated heterocycles. The largest absolute Gasteiger partial charge is 0.444 e. The normalized spacial score (nSPS) is 11.1. The van der Waals surface area contributed by atoms with Crippen molar-refractivity contribution in [1.29, 1.82) is 0 Å². The minimum atomic E-state index is -0.515. The molecule has 0 spiro atoms. The zero-order valence-corrected chi connectivity index (χ0v) is 11.1. The van der Waals surface area contributed by atoms with Crippen LogP contribution in [0.5, 0.6) is 0 Å². The first-order valence-corrected chi connectivity index (χ1v) is 5.66. The Hall–Kier alpha value is -1.92. The molecular formula is C11H18N4O3. The van der Waals surface area contributed by atoms with Crippen molar-refractivity contribution < 1.29 is 14.3 Å². The van der Waals surface area contributed by atoms with Crippen LogP contribution in [-0.2, 0) is 11.3 Å². The Labute approximate surface area is 105 Å². The SMILES string of the molecule is CC(=O)c1cn(CCNC(=O)OC(C)(C)C)nn1. The van der Waals surface area contributed by atoms with E-state index in [1.807, 2.05) is 0 Å². The molecule has 0 aliphatic rings. The summed E-state index contributed by atoms with van der Waals surface area (Å²) >= 11 is 0. The van der Waals surface area contributed by atoms with Crippen molar-refractivity contribution in [3.05, 3.63) is 11.9 Å². The van der Waals surface area contributed by atoms with Gasteiger partial charge in [-0.1, -0.05) is 5.21 Å². The summed E-state index contributed by atoms with van der Waals surface area (Å²) in [5.41, 5.74) is -0.202. The molecule has 1 amide bonds. The monoisotopic (exact) mass is 254 g/mol. The number of nitrogens with zero attached hydrogens (tertiary/aromatic N) is 3. The molecule has 0 aliphatic carbocycles. The molecule has 0 aromatic carbocycles. The third-order valence-electron chi connectivity index (χ3n) is 1.91. The fourth-order valence-corrected chi connectivity index (χ4v) is 1.16. The van der Waals surface area contributed by atoms with Crippen LogP contribution in [0.25, 0.3) is 0 Å². The lowest BCUT2D eigenvalue weighted by atomic mass is 10.2. The average molecular weight is 254 g/mol. The van der Waals surface area contributed by atoms with Gasteiger partial charge in [0.2, 0.25) is 0 Å². The molecule has 0 bridgehead atoms. The van der Waals surface area contributed by atoms with E-state index in [1.165, 1.54) is 11.6 Å². The predicted molar refractivity (Wildman–Crippen MR) is 64.3 cm³/mol. The number of alkyl carbamates (subject to hydrolysis) is 1. The van der Waals surface area contributed by atoms with Crippen LogP contribution in [0.3, 0.4) is 0 Å². The minimum Gasteiger partial charge on any atom is -0.444 e. The summed E-state index contributed by atoms with van der Waals surface area (Å²) in [6, 6.07) is 0. The summed E-state index contributed by atoms with van der Waals surface area (Å²) in [5, 5.41) is 10.0. The Morgan fingerprint density at radius 2 is 2.11 bits per heavy atom. The van der Waals surface area contributed by atoms with Crippen LogP contribution in [0.4, 0.5) is 4.79 Å². The van der Waals surface area contributed by atoms with Crippen LogP contribution in [-0.4, -0.2) is 39.0 Å². The second-order valence-electron chi connectivity index (χ2n) is 4.85. The summed E-state index contributed by atoms with van der Waals surface area (Å²) in [4.78, 5) is 22.3. The van der Waals surface area contributed by atoms with Gasteiger partial charge in [0.1, 0.15) is 11.3 Å². The van der Waals surface area contributed by atoms with Crippen LogP contribution in [0.1, 0.15) is 38.2 Å². The van der Waals surface area contributed by atoms with Crippen LogP contribution in [0.15, 0.2) is 6.20 Å². The molecule has 0 aliphatic heterocycles. The number of ketones is 1. The number of rotatable bonds is 4. The topological polar surface area (TPSA) is 86.1 Å². The third-order valence-corrected chi connectivity index (χ3v) is 1.91. The van der Waals surface area contributed by atoms with Crippen molar-refractivity contribution in [3.63, 3.8) is 0 Å². The van der Waals surface area contributed by atoms with Gasteiger partial charge in [0, 0.05) is 13.5 Å². The fraction of sp³-hybridized carbons (Fsp3) is 0.636. The van der Waals surface area contributed by atoms with Crippen molar-refractivity contribution >= 4 is 11.9 Å². The summed E-state index contributed by atoms with van der Waals surface area (Å²) in [6.07, 6.45) is 1.06. The minimum absolute atomic E-state index is 0.138. The molecule has 1 aromatic rings. The van der Waals surface area contributed by atoms with Gasteiger partial charge in [-0.15, -0.1) is 5.10 Å². The summed E-state index contributed by atoms with van der Waals surface area (Å²) in [6.45, 7) is 7.60. The van der Waals surface area contributed by atoms with Gasteiger partial charge in [-0.05, 0) is 20.8 Å². The number of aromatic nitrogens is 3. The van der Waals surface area contributed by atoms with Gasteiger partial charge in [-0.2, -0.15) is 0 Å². The first-order chi connectivity index (χ1) is 8.28. The molecule has 1 rings (SSSR count). The van der Waals surface area contributed by atoms with E-state index >= 15 is 0 Å². The van der Waals surface area contributed by atoms with E-state index in [1.54, 1.807) is 27.0 Å². The molecule has 100 valence electrons. The maximum absolute atomic E-state index is 11.3. The van der Waals surface area contributed by atoms with Crippen molar-refractivity contribution in [2.45, 2.75) is 39.8 Å². The zero-order chi connectivity index (χ0) is 13.8. The molecule has 7 heteroatoms. The van der Waals surface area contributed by atoms with E-state index in [0.717, 1.165) is 0 Å². The molecular weight excluding hydrogens is 236 g/mol. The van der Waals surface area contributed by atoms with Gasteiger partial charge >= 0.3 is 6.09 Å². The Morgan fingerprint density at radius 1 is 1.44 bits per heavy atom. The number of Topliss-reactive ketones (excluding diaryl/α,β-unsaturated/α-hetero) is 1. The highest BCUT2D eigenvalue weighted by Crippen LogP contribution is 2.06. The molecule has 0 unspecified atom stereocenters. The fourth-order valence-electron chi connectivity index (χ4n) is 1.16. The van der Waals surface area contributed by atoms with Gasteiger partial charge < -0.3 is 10.1 Å². The van der Waals surface area contributed by atoms with E-state index in [2.05, 4.69) is 15.6 Å². The second kappa shape index (κ2) is 5.61. The number of nitrogens with one attached hydrogen (secondary N) is 1. The molecule has 18 heavy (non-hydrogen) atoms. The summed E-state index contributed by atoms with van der Waals surface area (Å²) in [7, 11) is 0. The van der Waals surface area contributed by atoms with Gasteiger partial charge in [0.05, 0.1) is 12.7 Å². The Morgan fingerprint density at radius 3 is 2.61 bits per heavy atom. The van der Waals surface area contributed by atoms with E-state index in [0.29, 0.717) is 18.8 Å². The first-order valence-electron chi connectivity index (χ1n) is 5.66. The van der Waals surface area contributed by atoms with Gasteiger partial charge in [0.25, 0.3) is 0 Å². The number of hydrogen-bond donors (Lipinski definition) is 1. The molecule has 1 aromatic heterocycles. The van der Waals surface area contributed by atoms with Crippen LogP contribution in [0.2, 0.25) is 0 Å². The number of amides is 1. The Kier molecular flexibility index (Phi) is 4.41. The standard InChI is InChI=1S/C11H18N4O3/c1-8(16)9-7-15(14-13-9)6-5-12-10(17)18-11(2,3)4/h7H,5-6H2,1-4H3,(H,12,17). The lowest BCUT2D eigenvalue weighted by Crippen LogP contribution is -2.34. The van der Waals surface area contributed by atoms with Crippen molar-refractivity contribution in [2.75, 3.05) is 6.54 Å². The number of carbonyl (C=O) groups excluding carboxylic acids is 2. The zero-order valence-electron chi connectivity index (χ0n) is 11.1. The van der Waals surface area contributed by atoms with Crippen LogP contribution < -0.4 is 5.32 Å². The smallest absolute Gasteiger partial charge is 0.407 e. The lowest BCUT2D eigenvalue weighted by molar-refractivity contribution is 0.0525. The number of ether oxygens (including phenoxy) is 1. The summed E-state index contributed by atoms with van der Waals surface area (Å²) in [5.74, 6) is -0.138. The van der Waals surface area contributed by atoms with E-state index < -0.39 is 11.7 Å². The van der Waals surface area contributed by atoms with Crippen molar-refractivity contribution in [3.8, 4) is 0 Å². The molecule has 1 heterocycles. The second-order valence-corrected chi connectivity index (χ2v) is 4.85. The van der Waals surface area contributed by atoms with Gasteiger partial charge in [-0.25, -0.2) is 4.79 Å². The maximum atomic E-state index is 11.3. The molecule has 0 saturated carbocycles. The molecule has 7 nitrogen and oxygen atoms in total. The number of hydrogen-bond acceptors (Lipinski definition) is 5. The summed E-state index contributed by atoms with van der Waals surface area (Å²) < 4.78 is 6.56. The average Bonchev–Trinajstić information content (AvgIpc) is 2.63. The molecule has 0 radical (unpaired) electrons. The number of carbonyl (C=O) groups is 2. The third kappa shape index (κ3) is 4.94. The molecule has 0 atom stereocenters. The highest BCUT2D eigenvalue weighted by molar-refractivity contribution is 5.91. The molecule has 1 N–H and O–H groups in total. The lowest BCUT2D eigenvalue weighted by Gasteiger charge is -2.19. The van der Waals surface area contributed by atoms with Crippen LogP contribution >= 0.6 is 0 Å². The van der Waals surface area contributed by atoms with Crippen molar-refractivity contribution in [1.82, 2.24) is 20.3 Å². The molecule has 0 fully saturated rings. The van der Waals surface area contributed by atoms with E-state index in [-0.39, 0.29) is 5.78 Å².